The van der Waals surface area contributed by atoms with Crippen molar-refractivity contribution in [3.05, 3.63) is 71.8 Å². The first-order valence-electron chi connectivity index (χ1n) is 10.3. The molecule has 6 heteroatoms. The maximum atomic E-state index is 12.7. The Kier molecular flexibility index (Phi) is 10.1. The molecule has 0 bridgehead atoms. The first-order chi connectivity index (χ1) is 14.6. The van der Waals surface area contributed by atoms with Gasteiger partial charge >= 0.3 is 12.1 Å². The van der Waals surface area contributed by atoms with Gasteiger partial charge in [-0.25, -0.2) is 4.79 Å². The van der Waals surface area contributed by atoms with Crippen molar-refractivity contribution in [3.63, 3.8) is 0 Å². The third-order valence-corrected chi connectivity index (χ3v) is 4.51. The Hall–Kier alpha value is -3.15. The van der Waals surface area contributed by atoms with Crippen molar-refractivity contribution in [1.82, 2.24) is 5.32 Å². The Balaban J connectivity index is 1.91. The number of ketones is 1. The van der Waals surface area contributed by atoms with E-state index >= 15 is 0 Å². The van der Waals surface area contributed by atoms with Crippen LogP contribution in [0.5, 0.6) is 0 Å². The Morgan fingerprint density at radius 2 is 1.50 bits per heavy atom. The largest absolute Gasteiger partial charge is 0.466 e. The number of alkyl carbamates (subject to hydrolysis) is 1. The highest BCUT2D eigenvalue weighted by Crippen LogP contribution is 2.09. The normalized spacial score (nSPS) is 11.4. The van der Waals surface area contributed by atoms with Gasteiger partial charge in [0.15, 0.2) is 5.78 Å². The number of ether oxygens (including phenoxy) is 2. The molecule has 30 heavy (non-hydrogen) atoms. The lowest BCUT2D eigenvalue weighted by Crippen LogP contribution is -2.42. The van der Waals surface area contributed by atoms with Crippen LogP contribution < -0.4 is 5.32 Å². The van der Waals surface area contributed by atoms with Crippen molar-refractivity contribution in [2.24, 2.45) is 0 Å². The van der Waals surface area contributed by atoms with E-state index in [2.05, 4.69) is 5.32 Å². The standard InChI is InChI=1S/C24H29NO5/c1-2-3-16-29-23(27)15-14-22(26)21(17-19-10-6-4-7-11-19)25-24(28)30-18-20-12-8-5-9-13-20/h4-13,21H,2-3,14-18H2,1H3,(H,25,28)/t21-/m0/s1. The van der Waals surface area contributed by atoms with E-state index in [1.807, 2.05) is 67.6 Å². The van der Waals surface area contributed by atoms with E-state index < -0.39 is 18.1 Å². The van der Waals surface area contributed by atoms with Gasteiger partial charge in [-0.2, -0.15) is 0 Å². The lowest BCUT2D eigenvalue weighted by atomic mass is 10.00. The van der Waals surface area contributed by atoms with Crippen molar-refractivity contribution in [3.8, 4) is 0 Å². The first kappa shape index (κ1) is 23.1. The minimum Gasteiger partial charge on any atom is -0.466 e. The summed E-state index contributed by atoms with van der Waals surface area (Å²) in [6.07, 6.45) is 1.38. The predicted octanol–water partition coefficient (Wildman–Crippen LogP) is 4.22. The molecule has 2 aromatic rings. The molecule has 0 fully saturated rings. The zero-order valence-corrected chi connectivity index (χ0v) is 17.3. The number of benzene rings is 2. The Bertz CT molecular complexity index is 792. The number of esters is 1. The van der Waals surface area contributed by atoms with Crippen molar-refractivity contribution in [1.29, 1.82) is 0 Å². The van der Waals surface area contributed by atoms with Crippen molar-refractivity contribution in [2.45, 2.75) is 51.7 Å². The molecular formula is C24H29NO5. The van der Waals surface area contributed by atoms with E-state index in [1.54, 1.807) is 0 Å². The summed E-state index contributed by atoms with van der Waals surface area (Å²) in [6.45, 7) is 2.48. The second-order valence-corrected chi connectivity index (χ2v) is 6.99. The zero-order chi connectivity index (χ0) is 21.6. The Labute approximate surface area is 177 Å². The molecule has 0 aromatic heterocycles. The smallest absolute Gasteiger partial charge is 0.408 e. The molecule has 0 unspecified atom stereocenters. The van der Waals surface area contributed by atoms with Crippen LogP contribution in [0, 0.1) is 0 Å². The summed E-state index contributed by atoms with van der Waals surface area (Å²) in [4.78, 5) is 36.8. The maximum Gasteiger partial charge on any atom is 0.408 e. The van der Waals surface area contributed by atoms with Crippen molar-refractivity contribution in [2.75, 3.05) is 6.61 Å². The summed E-state index contributed by atoms with van der Waals surface area (Å²) in [7, 11) is 0. The molecule has 160 valence electrons. The molecular weight excluding hydrogens is 382 g/mol. The molecule has 2 aromatic carbocycles. The maximum absolute atomic E-state index is 12.7. The van der Waals surface area contributed by atoms with Gasteiger partial charge in [-0.3, -0.25) is 9.59 Å². The molecule has 1 atom stereocenters. The van der Waals surface area contributed by atoms with Gasteiger partial charge in [0.1, 0.15) is 6.61 Å². The summed E-state index contributed by atoms with van der Waals surface area (Å²) >= 11 is 0. The summed E-state index contributed by atoms with van der Waals surface area (Å²) in [5, 5.41) is 2.65. The molecule has 0 heterocycles. The molecule has 1 amide bonds. The van der Waals surface area contributed by atoms with Gasteiger partial charge in [-0.1, -0.05) is 74.0 Å². The van der Waals surface area contributed by atoms with Crippen LogP contribution in [0.25, 0.3) is 0 Å². The SMILES string of the molecule is CCCCOC(=O)CCC(=O)[C@H](Cc1ccccc1)NC(=O)OCc1ccccc1. The third kappa shape index (κ3) is 8.90. The molecule has 1 N–H and O–H groups in total. The molecule has 0 radical (unpaired) electrons. The van der Waals surface area contributed by atoms with Crippen LogP contribution in [0.1, 0.15) is 43.7 Å². The van der Waals surface area contributed by atoms with Gasteiger partial charge in [0, 0.05) is 6.42 Å². The summed E-state index contributed by atoms with van der Waals surface area (Å²) in [5.74, 6) is -0.634. The zero-order valence-electron chi connectivity index (χ0n) is 17.3. The minimum absolute atomic E-state index is 0.00141. The monoisotopic (exact) mass is 411 g/mol. The highest BCUT2D eigenvalue weighted by atomic mass is 16.5. The molecule has 0 aliphatic rings. The number of unbranched alkanes of at least 4 members (excludes halogenated alkanes) is 1. The Morgan fingerprint density at radius 3 is 2.13 bits per heavy atom. The molecule has 0 saturated carbocycles. The number of nitrogens with one attached hydrogen (secondary N) is 1. The van der Waals surface area contributed by atoms with Crippen molar-refractivity contribution >= 4 is 17.8 Å². The van der Waals surface area contributed by atoms with Crippen LogP contribution in [0.15, 0.2) is 60.7 Å². The van der Waals surface area contributed by atoms with E-state index in [4.69, 9.17) is 9.47 Å². The summed E-state index contributed by atoms with van der Waals surface area (Å²) < 4.78 is 10.3. The molecule has 2 rings (SSSR count). The molecule has 0 spiro atoms. The van der Waals surface area contributed by atoms with Crippen LogP contribution in [-0.4, -0.2) is 30.5 Å². The van der Waals surface area contributed by atoms with Gasteiger partial charge in [0.25, 0.3) is 0 Å². The predicted molar refractivity (Wildman–Crippen MR) is 114 cm³/mol. The number of Topliss-reactive ketones (excluding diaryl/α,β-unsaturated/α-hetero) is 1. The summed E-state index contributed by atoms with van der Waals surface area (Å²) in [6, 6.07) is 17.9. The average Bonchev–Trinajstić information content (AvgIpc) is 2.77. The fraction of sp³-hybridized carbons (Fsp3) is 0.375. The van der Waals surface area contributed by atoms with Crippen LogP contribution in [0.4, 0.5) is 4.79 Å². The molecule has 0 saturated heterocycles. The molecule has 0 aliphatic carbocycles. The van der Waals surface area contributed by atoms with Crippen LogP contribution >= 0.6 is 0 Å². The Morgan fingerprint density at radius 1 is 0.867 bits per heavy atom. The van der Waals surface area contributed by atoms with Gasteiger partial charge in [-0.05, 0) is 24.0 Å². The number of hydrogen-bond acceptors (Lipinski definition) is 5. The van der Waals surface area contributed by atoms with Gasteiger partial charge in [0.05, 0.1) is 19.1 Å². The van der Waals surface area contributed by atoms with Gasteiger partial charge in [0.2, 0.25) is 0 Å². The average molecular weight is 411 g/mol. The lowest BCUT2D eigenvalue weighted by Gasteiger charge is -2.18. The highest BCUT2D eigenvalue weighted by Gasteiger charge is 2.23. The number of hydrogen-bond donors (Lipinski definition) is 1. The fourth-order valence-electron chi connectivity index (χ4n) is 2.80. The van der Waals surface area contributed by atoms with Gasteiger partial charge in [-0.15, -0.1) is 0 Å². The highest BCUT2D eigenvalue weighted by molar-refractivity contribution is 5.89. The van der Waals surface area contributed by atoms with E-state index in [0.29, 0.717) is 13.0 Å². The number of carbonyl (C=O) groups is 3. The summed E-state index contributed by atoms with van der Waals surface area (Å²) in [5.41, 5.74) is 1.76. The van der Waals surface area contributed by atoms with E-state index in [-0.39, 0.29) is 25.2 Å². The second-order valence-electron chi connectivity index (χ2n) is 6.99. The second kappa shape index (κ2) is 13.1. The minimum atomic E-state index is -0.779. The van der Waals surface area contributed by atoms with Crippen LogP contribution in [0.2, 0.25) is 0 Å². The lowest BCUT2D eigenvalue weighted by molar-refractivity contribution is -0.145. The quantitative estimate of drug-likeness (QED) is 0.418. The number of rotatable bonds is 12. The number of amides is 1. The first-order valence-corrected chi connectivity index (χ1v) is 10.3. The fourth-order valence-corrected chi connectivity index (χ4v) is 2.80. The van der Waals surface area contributed by atoms with Gasteiger partial charge < -0.3 is 14.8 Å². The van der Waals surface area contributed by atoms with E-state index in [0.717, 1.165) is 24.0 Å². The molecule has 0 aliphatic heterocycles. The molecule has 6 nitrogen and oxygen atoms in total. The van der Waals surface area contributed by atoms with E-state index in [9.17, 15) is 14.4 Å². The topological polar surface area (TPSA) is 81.7 Å². The number of carbonyl (C=O) groups excluding carboxylic acids is 3. The van der Waals surface area contributed by atoms with Crippen LogP contribution in [-0.2, 0) is 32.1 Å². The van der Waals surface area contributed by atoms with Crippen molar-refractivity contribution < 1.29 is 23.9 Å². The third-order valence-electron chi connectivity index (χ3n) is 4.51. The van der Waals surface area contributed by atoms with Crippen LogP contribution in [0.3, 0.4) is 0 Å². The van der Waals surface area contributed by atoms with E-state index in [1.165, 1.54) is 0 Å².